The molecule has 0 radical (unpaired) electrons. The fourth-order valence-corrected chi connectivity index (χ4v) is 1.82. The molecule has 5 heteroatoms. The van der Waals surface area contributed by atoms with Crippen molar-refractivity contribution in [3.63, 3.8) is 0 Å². The highest BCUT2D eigenvalue weighted by atomic mass is 19.4. The summed E-state index contributed by atoms with van der Waals surface area (Å²) in [7, 11) is 0. The van der Waals surface area contributed by atoms with Crippen LogP contribution in [0, 0.1) is 0 Å². The molecule has 16 heavy (non-hydrogen) atoms. The van der Waals surface area contributed by atoms with Gasteiger partial charge in [-0.1, -0.05) is 0 Å². The maximum Gasteiger partial charge on any atom is 0.416 e. The van der Waals surface area contributed by atoms with Crippen LogP contribution in [0.5, 0.6) is 0 Å². The SMILES string of the molecule is CC1(O)CN(c2ccc(C(F)(F)F)cc2)C1. The van der Waals surface area contributed by atoms with E-state index >= 15 is 0 Å². The molecule has 88 valence electrons. The minimum atomic E-state index is -4.29. The summed E-state index contributed by atoms with van der Waals surface area (Å²) in [4.78, 5) is 1.83. The average molecular weight is 231 g/mol. The van der Waals surface area contributed by atoms with Crippen LogP contribution in [0.25, 0.3) is 0 Å². The number of benzene rings is 1. The first kappa shape index (κ1) is 11.3. The third-order valence-electron chi connectivity index (χ3n) is 2.62. The molecule has 1 aromatic carbocycles. The lowest BCUT2D eigenvalue weighted by Gasteiger charge is -2.45. The molecule has 0 spiro atoms. The van der Waals surface area contributed by atoms with Gasteiger partial charge >= 0.3 is 6.18 Å². The predicted octanol–water partition coefficient (Wildman–Crippen LogP) is 2.28. The van der Waals surface area contributed by atoms with Crippen molar-refractivity contribution in [3.8, 4) is 0 Å². The monoisotopic (exact) mass is 231 g/mol. The largest absolute Gasteiger partial charge is 0.416 e. The first-order valence-electron chi connectivity index (χ1n) is 4.93. The lowest BCUT2D eigenvalue weighted by Crippen LogP contribution is -2.60. The first-order valence-corrected chi connectivity index (χ1v) is 4.93. The quantitative estimate of drug-likeness (QED) is 0.801. The van der Waals surface area contributed by atoms with Crippen LogP contribution >= 0.6 is 0 Å². The van der Waals surface area contributed by atoms with Gasteiger partial charge in [-0.05, 0) is 31.2 Å². The predicted molar refractivity (Wildman–Crippen MR) is 54.3 cm³/mol. The van der Waals surface area contributed by atoms with E-state index in [1.165, 1.54) is 12.1 Å². The highest BCUT2D eigenvalue weighted by molar-refractivity contribution is 5.51. The van der Waals surface area contributed by atoms with Crippen LogP contribution in [-0.2, 0) is 6.18 Å². The molecule has 0 bridgehead atoms. The Morgan fingerprint density at radius 2 is 1.69 bits per heavy atom. The van der Waals surface area contributed by atoms with Gasteiger partial charge in [0.15, 0.2) is 0 Å². The molecule has 0 unspecified atom stereocenters. The zero-order valence-corrected chi connectivity index (χ0v) is 8.75. The maximum absolute atomic E-state index is 12.3. The summed E-state index contributed by atoms with van der Waals surface area (Å²) >= 11 is 0. The van der Waals surface area contributed by atoms with Crippen LogP contribution in [0.3, 0.4) is 0 Å². The zero-order valence-electron chi connectivity index (χ0n) is 8.75. The second-order valence-corrected chi connectivity index (χ2v) is 4.40. The third-order valence-corrected chi connectivity index (χ3v) is 2.62. The lowest BCUT2D eigenvalue weighted by atomic mass is 9.96. The molecule has 1 saturated heterocycles. The highest BCUT2D eigenvalue weighted by Gasteiger charge is 2.37. The van der Waals surface area contributed by atoms with Crippen molar-refractivity contribution in [3.05, 3.63) is 29.8 Å². The fraction of sp³-hybridized carbons (Fsp3) is 0.455. The lowest BCUT2D eigenvalue weighted by molar-refractivity contribution is -0.137. The van der Waals surface area contributed by atoms with Crippen molar-refractivity contribution in [2.45, 2.75) is 18.7 Å². The Bertz CT molecular complexity index is 375. The second kappa shape index (κ2) is 3.38. The van der Waals surface area contributed by atoms with E-state index in [0.29, 0.717) is 18.8 Å². The van der Waals surface area contributed by atoms with E-state index in [9.17, 15) is 18.3 Å². The van der Waals surface area contributed by atoms with Gasteiger partial charge in [-0.3, -0.25) is 0 Å². The summed E-state index contributed by atoms with van der Waals surface area (Å²) < 4.78 is 36.9. The van der Waals surface area contributed by atoms with Gasteiger partial charge in [0.2, 0.25) is 0 Å². The molecule has 1 fully saturated rings. The molecule has 0 aliphatic carbocycles. The highest BCUT2D eigenvalue weighted by Crippen LogP contribution is 2.32. The molecular formula is C11H12F3NO. The van der Waals surface area contributed by atoms with Crippen LogP contribution < -0.4 is 4.90 Å². The van der Waals surface area contributed by atoms with Crippen LogP contribution in [0.2, 0.25) is 0 Å². The van der Waals surface area contributed by atoms with Crippen molar-refractivity contribution in [2.24, 2.45) is 0 Å². The summed E-state index contributed by atoms with van der Waals surface area (Å²) in [6.07, 6.45) is -4.29. The van der Waals surface area contributed by atoms with Crippen molar-refractivity contribution in [1.82, 2.24) is 0 Å². The van der Waals surface area contributed by atoms with Crippen molar-refractivity contribution < 1.29 is 18.3 Å². The van der Waals surface area contributed by atoms with Crippen molar-refractivity contribution in [2.75, 3.05) is 18.0 Å². The molecule has 0 aromatic heterocycles. The molecule has 1 aliphatic heterocycles. The molecule has 0 amide bonds. The number of anilines is 1. The van der Waals surface area contributed by atoms with E-state index < -0.39 is 17.3 Å². The van der Waals surface area contributed by atoms with Gasteiger partial charge in [0.05, 0.1) is 11.2 Å². The van der Waals surface area contributed by atoms with Crippen LogP contribution in [-0.4, -0.2) is 23.8 Å². The Kier molecular flexibility index (Phi) is 2.38. The Morgan fingerprint density at radius 1 is 1.19 bits per heavy atom. The molecular weight excluding hydrogens is 219 g/mol. The Morgan fingerprint density at radius 3 is 2.06 bits per heavy atom. The number of hydrogen-bond donors (Lipinski definition) is 1. The normalized spacial score (nSPS) is 19.4. The molecule has 1 aromatic rings. The number of nitrogens with zero attached hydrogens (tertiary/aromatic N) is 1. The van der Waals surface area contributed by atoms with E-state index in [1.807, 2.05) is 4.90 Å². The molecule has 2 nitrogen and oxygen atoms in total. The van der Waals surface area contributed by atoms with E-state index in [4.69, 9.17) is 0 Å². The average Bonchev–Trinajstić information content (AvgIpc) is 2.13. The first-order chi connectivity index (χ1) is 7.28. The number of rotatable bonds is 1. The van der Waals surface area contributed by atoms with Crippen LogP contribution in [0.15, 0.2) is 24.3 Å². The van der Waals surface area contributed by atoms with Gasteiger partial charge < -0.3 is 10.0 Å². The Balaban J connectivity index is 2.10. The fourth-order valence-electron chi connectivity index (χ4n) is 1.82. The van der Waals surface area contributed by atoms with Crippen molar-refractivity contribution in [1.29, 1.82) is 0 Å². The van der Waals surface area contributed by atoms with E-state index in [0.717, 1.165) is 12.1 Å². The maximum atomic E-state index is 12.3. The molecule has 0 saturated carbocycles. The van der Waals surface area contributed by atoms with Crippen LogP contribution in [0.1, 0.15) is 12.5 Å². The molecule has 1 N–H and O–H groups in total. The number of halogens is 3. The van der Waals surface area contributed by atoms with Gasteiger partial charge in [0, 0.05) is 18.8 Å². The molecule has 1 heterocycles. The summed E-state index contributed by atoms with van der Waals surface area (Å²) in [6, 6.07) is 4.97. The number of hydrogen-bond acceptors (Lipinski definition) is 2. The van der Waals surface area contributed by atoms with Gasteiger partial charge in [-0.15, -0.1) is 0 Å². The van der Waals surface area contributed by atoms with Crippen molar-refractivity contribution >= 4 is 5.69 Å². The zero-order chi connectivity index (χ0) is 12.0. The van der Waals surface area contributed by atoms with Gasteiger partial charge in [-0.25, -0.2) is 0 Å². The third kappa shape index (κ3) is 2.14. The Labute approximate surface area is 91.3 Å². The standard InChI is InChI=1S/C11H12F3NO/c1-10(16)6-15(7-10)9-4-2-8(3-5-9)11(12,13)14/h2-5,16H,6-7H2,1H3. The number of aliphatic hydroxyl groups is 1. The summed E-state index contributed by atoms with van der Waals surface area (Å²) in [5.74, 6) is 0. The smallest absolute Gasteiger partial charge is 0.386 e. The topological polar surface area (TPSA) is 23.5 Å². The Hall–Kier alpha value is -1.23. The van der Waals surface area contributed by atoms with Crippen LogP contribution in [0.4, 0.5) is 18.9 Å². The molecule has 2 rings (SSSR count). The number of alkyl halides is 3. The molecule has 1 aliphatic rings. The van der Waals surface area contributed by atoms with Gasteiger partial charge in [0.1, 0.15) is 0 Å². The van der Waals surface area contributed by atoms with Gasteiger partial charge in [-0.2, -0.15) is 13.2 Å². The van der Waals surface area contributed by atoms with E-state index in [1.54, 1.807) is 6.92 Å². The van der Waals surface area contributed by atoms with Gasteiger partial charge in [0.25, 0.3) is 0 Å². The molecule has 0 atom stereocenters. The minimum absolute atomic E-state index is 0.457. The number of β-amino-alcohol motifs (C(OH)–C–C–N with tert-alkyl or cyclic N) is 1. The second-order valence-electron chi connectivity index (χ2n) is 4.40. The minimum Gasteiger partial charge on any atom is -0.386 e. The van der Waals surface area contributed by atoms with E-state index in [-0.39, 0.29) is 0 Å². The summed E-state index contributed by atoms with van der Waals surface area (Å²) in [6.45, 7) is 2.62. The summed E-state index contributed by atoms with van der Waals surface area (Å²) in [5, 5.41) is 9.51. The van der Waals surface area contributed by atoms with E-state index in [2.05, 4.69) is 0 Å². The summed E-state index contributed by atoms with van der Waals surface area (Å²) in [5.41, 5.74) is -0.661.